The van der Waals surface area contributed by atoms with Gasteiger partial charge in [0.05, 0.1) is 11.6 Å². The van der Waals surface area contributed by atoms with Crippen LogP contribution in [0.15, 0.2) is 59.1 Å². The number of aromatic nitrogens is 4. The SMILES string of the molecule is C[C@H](c1nc(-c2ccccc2)no1)N1CCN(c2nc(C(F)(F)F)nc3ccccc23)CC1. The van der Waals surface area contributed by atoms with Crippen molar-refractivity contribution in [3.8, 4) is 11.4 Å². The minimum atomic E-state index is -4.61. The second kappa shape index (κ2) is 8.43. The first-order valence-electron chi connectivity index (χ1n) is 10.6. The maximum absolute atomic E-state index is 13.4. The number of hydrogen-bond donors (Lipinski definition) is 0. The summed E-state index contributed by atoms with van der Waals surface area (Å²) in [6.45, 7) is 4.25. The summed E-state index contributed by atoms with van der Waals surface area (Å²) in [4.78, 5) is 16.2. The maximum atomic E-state index is 13.4. The van der Waals surface area contributed by atoms with Crippen molar-refractivity contribution in [1.82, 2.24) is 25.0 Å². The normalized spacial score (nSPS) is 16.3. The highest BCUT2D eigenvalue weighted by Crippen LogP contribution is 2.32. The van der Waals surface area contributed by atoms with Gasteiger partial charge in [0.15, 0.2) is 0 Å². The van der Waals surface area contributed by atoms with Crippen molar-refractivity contribution in [2.24, 2.45) is 0 Å². The van der Waals surface area contributed by atoms with E-state index in [0.29, 0.717) is 49.1 Å². The number of benzene rings is 2. The van der Waals surface area contributed by atoms with Gasteiger partial charge in [-0.05, 0) is 19.1 Å². The van der Waals surface area contributed by atoms with Gasteiger partial charge >= 0.3 is 6.18 Å². The zero-order valence-electron chi connectivity index (χ0n) is 17.8. The molecule has 2 aromatic heterocycles. The molecule has 7 nitrogen and oxygen atoms in total. The molecule has 1 aliphatic rings. The first-order valence-corrected chi connectivity index (χ1v) is 10.6. The Labute approximate surface area is 187 Å². The predicted octanol–water partition coefficient (Wildman–Crippen LogP) is 4.58. The summed E-state index contributed by atoms with van der Waals surface area (Å²) in [6.07, 6.45) is -4.61. The molecule has 170 valence electrons. The highest BCUT2D eigenvalue weighted by atomic mass is 19.4. The number of alkyl halides is 3. The molecule has 0 unspecified atom stereocenters. The highest BCUT2D eigenvalue weighted by Gasteiger charge is 2.36. The number of halogens is 3. The minimum absolute atomic E-state index is 0.120. The van der Waals surface area contributed by atoms with Gasteiger partial charge in [0.1, 0.15) is 5.82 Å². The van der Waals surface area contributed by atoms with Crippen LogP contribution in [0.2, 0.25) is 0 Å². The summed E-state index contributed by atoms with van der Waals surface area (Å²) in [7, 11) is 0. The summed E-state index contributed by atoms with van der Waals surface area (Å²) in [6, 6.07) is 16.2. The van der Waals surface area contributed by atoms with Crippen LogP contribution in [0.3, 0.4) is 0 Å². The third kappa shape index (κ3) is 4.25. The fourth-order valence-corrected chi connectivity index (χ4v) is 4.01. The van der Waals surface area contributed by atoms with Crippen molar-refractivity contribution < 1.29 is 17.7 Å². The molecule has 0 radical (unpaired) electrons. The lowest BCUT2D eigenvalue weighted by molar-refractivity contribution is -0.144. The molecule has 0 bridgehead atoms. The first-order chi connectivity index (χ1) is 15.9. The van der Waals surface area contributed by atoms with Gasteiger partial charge in [-0.25, -0.2) is 9.97 Å². The second-order valence-electron chi connectivity index (χ2n) is 7.91. The van der Waals surface area contributed by atoms with Gasteiger partial charge in [-0.3, -0.25) is 4.90 Å². The summed E-state index contributed by atoms with van der Waals surface area (Å²) in [5.41, 5.74) is 1.16. The highest BCUT2D eigenvalue weighted by molar-refractivity contribution is 5.89. The number of hydrogen-bond acceptors (Lipinski definition) is 7. The molecule has 1 atom stereocenters. The van der Waals surface area contributed by atoms with Gasteiger partial charge in [-0.2, -0.15) is 18.2 Å². The van der Waals surface area contributed by atoms with E-state index in [2.05, 4.69) is 25.0 Å². The topological polar surface area (TPSA) is 71.2 Å². The Morgan fingerprint density at radius 1 is 0.879 bits per heavy atom. The van der Waals surface area contributed by atoms with Gasteiger partial charge in [0.25, 0.3) is 0 Å². The number of fused-ring (bicyclic) bond motifs is 1. The smallest absolute Gasteiger partial charge is 0.353 e. The predicted molar refractivity (Wildman–Crippen MR) is 116 cm³/mol. The number of piperazine rings is 1. The minimum Gasteiger partial charge on any atom is -0.353 e. The zero-order chi connectivity index (χ0) is 23.0. The molecule has 5 rings (SSSR count). The van der Waals surface area contributed by atoms with E-state index in [-0.39, 0.29) is 11.6 Å². The summed E-state index contributed by atoms with van der Waals surface area (Å²) in [5.74, 6) is 0.230. The number of nitrogens with zero attached hydrogens (tertiary/aromatic N) is 6. The van der Waals surface area contributed by atoms with Crippen molar-refractivity contribution in [2.75, 3.05) is 31.1 Å². The van der Waals surface area contributed by atoms with Crippen LogP contribution in [0, 0.1) is 0 Å². The molecule has 0 spiro atoms. The lowest BCUT2D eigenvalue weighted by atomic mass is 10.2. The third-order valence-electron chi connectivity index (χ3n) is 5.83. The van der Waals surface area contributed by atoms with Crippen LogP contribution in [-0.2, 0) is 6.18 Å². The van der Waals surface area contributed by atoms with Crippen LogP contribution in [0.4, 0.5) is 19.0 Å². The van der Waals surface area contributed by atoms with Gasteiger partial charge in [0.2, 0.25) is 17.5 Å². The van der Waals surface area contributed by atoms with E-state index < -0.39 is 12.0 Å². The van der Waals surface area contributed by atoms with E-state index in [1.165, 1.54) is 0 Å². The molecule has 1 saturated heterocycles. The Morgan fingerprint density at radius 2 is 1.58 bits per heavy atom. The Balaban J connectivity index is 1.33. The molecule has 1 fully saturated rings. The standard InChI is InChI=1S/C23H21F3N6O/c1-15(21-28-19(30-33-21)16-7-3-2-4-8-16)31-11-13-32(14-12-31)20-17-9-5-6-10-18(17)27-22(29-20)23(24,25)26/h2-10,15H,11-14H2,1H3/t15-/m1/s1. The lowest BCUT2D eigenvalue weighted by Gasteiger charge is -2.37. The van der Waals surface area contributed by atoms with Crippen LogP contribution in [-0.4, -0.2) is 51.2 Å². The Kier molecular flexibility index (Phi) is 5.45. The van der Waals surface area contributed by atoms with E-state index in [1.807, 2.05) is 42.2 Å². The van der Waals surface area contributed by atoms with Crippen LogP contribution < -0.4 is 4.90 Å². The van der Waals surface area contributed by atoms with Crippen molar-refractivity contribution in [3.05, 3.63) is 66.3 Å². The van der Waals surface area contributed by atoms with E-state index in [9.17, 15) is 13.2 Å². The second-order valence-corrected chi connectivity index (χ2v) is 7.91. The van der Waals surface area contributed by atoms with Crippen molar-refractivity contribution >= 4 is 16.7 Å². The van der Waals surface area contributed by atoms with Crippen molar-refractivity contribution in [1.29, 1.82) is 0 Å². The van der Waals surface area contributed by atoms with Crippen molar-refractivity contribution in [3.63, 3.8) is 0 Å². The third-order valence-corrected chi connectivity index (χ3v) is 5.83. The van der Waals surface area contributed by atoms with Gasteiger partial charge in [-0.1, -0.05) is 47.6 Å². The van der Waals surface area contributed by atoms with Gasteiger partial charge in [-0.15, -0.1) is 0 Å². The first kappa shape index (κ1) is 21.3. The van der Waals surface area contributed by atoms with Crippen molar-refractivity contribution in [2.45, 2.75) is 19.1 Å². The monoisotopic (exact) mass is 454 g/mol. The largest absolute Gasteiger partial charge is 0.451 e. The maximum Gasteiger partial charge on any atom is 0.451 e. The molecule has 0 amide bonds. The molecule has 4 aromatic rings. The molecule has 2 aromatic carbocycles. The van der Waals surface area contributed by atoms with Gasteiger partial charge < -0.3 is 9.42 Å². The molecule has 3 heterocycles. The van der Waals surface area contributed by atoms with Crippen LogP contribution >= 0.6 is 0 Å². The number of anilines is 1. The van der Waals surface area contributed by atoms with Gasteiger partial charge in [0, 0.05) is 37.1 Å². The van der Waals surface area contributed by atoms with Crippen LogP contribution in [0.5, 0.6) is 0 Å². The van der Waals surface area contributed by atoms with E-state index >= 15 is 0 Å². The fraction of sp³-hybridized carbons (Fsp3) is 0.304. The molecule has 0 aliphatic carbocycles. The summed E-state index contributed by atoms with van der Waals surface area (Å²) >= 11 is 0. The molecule has 1 aliphatic heterocycles. The van der Waals surface area contributed by atoms with Crippen LogP contribution in [0.1, 0.15) is 24.7 Å². The molecule has 33 heavy (non-hydrogen) atoms. The summed E-state index contributed by atoms with van der Waals surface area (Å²) in [5, 5.41) is 4.69. The van der Waals surface area contributed by atoms with Crippen LogP contribution in [0.25, 0.3) is 22.3 Å². The number of rotatable bonds is 4. The fourth-order valence-electron chi connectivity index (χ4n) is 4.01. The molecular weight excluding hydrogens is 433 g/mol. The molecular formula is C23H21F3N6O. The quantitative estimate of drug-likeness (QED) is 0.447. The average molecular weight is 454 g/mol. The lowest BCUT2D eigenvalue weighted by Crippen LogP contribution is -2.47. The van der Waals surface area contributed by atoms with E-state index in [1.54, 1.807) is 24.3 Å². The average Bonchev–Trinajstić information content (AvgIpc) is 3.33. The Bertz CT molecular complexity index is 1250. The zero-order valence-corrected chi connectivity index (χ0v) is 17.8. The molecule has 0 N–H and O–H groups in total. The Hall–Kier alpha value is -3.53. The van der Waals surface area contributed by atoms with E-state index in [4.69, 9.17) is 4.52 Å². The molecule has 0 saturated carbocycles. The van der Waals surface area contributed by atoms with E-state index in [0.717, 1.165) is 5.56 Å². The molecule has 10 heteroatoms. The number of para-hydroxylation sites is 1. The summed E-state index contributed by atoms with van der Waals surface area (Å²) < 4.78 is 45.6. The Morgan fingerprint density at radius 3 is 2.30 bits per heavy atom.